The number of ether oxygens (including phenoxy) is 1. The first-order chi connectivity index (χ1) is 22.9. The van der Waals surface area contributed by atoms with Crippen LogP contribution in [0.3, 0.4) is 0 Å². The lowest BCUT2D eigenvalue weighted by molar-refractivity contribution is -0.138. The summed E-state index contributed by atoms with van der Waals surface area (Å²) in [5.41, 5.74) is 4.64. The molecule has 1 aliphatic heterocycles. The molecule has 0 spiro atoms. The van der Waals surface area contributed by atoms with E-state index >= 15 is 0 Å². The van der Waals surface area contributed by atoms with E-state index in [-0.39, 0.29) is 23.6 Å². The molecule has 0 N–H and O–H groups in total. The van der Waals surface area contributed by atoms with Gasteiger partial charge in [0.15, 0.2) is 4.80 Å². The average Bonchev–Trinajstić information content (AvgIpc) is 3.54. The standard InChI is InChI=1S/C38H29F2N3O3S/c1-3-46-37(45)33-34(24-11-5-4-6-12-24)41-38-43(35(33)25-17-19-27(39)20-18-25)36(44)32(47-38)21-29-23(2)42(31-16-10-8-14-28(29)31)22-26-13-7-9-15-30(26)40/h4-21,35H,3,22H2,1-2H3/b32-21-/t35-/m0/s1. The summed E-state index contributed by atoms with van der Waals surface area (Å²) in [6, 6.07) is 28.6. The summed E-state index contributed by atoms with van der Waals surface area (Å²) in [4.78, 5) is 33.4. The van der Waals surface area contributed by atoms with Crippen LogP contribution in [0.4, 0.5) is 8.78 Å². The van der Waals surface area contributed by atoms with Gasteiger partial charge in [-0.05, 0) is 49.8 Å². The Balaban J connectivity index is 1.48. The van der Waals surface area contributed by atoms with Crippen molar-refractivity contribution >= 4 is 40.0 Å². The van der Waals surface area contributed by atoms with Crippen LogP contribution in [0.15, 0.2) is 118 Å². The minimum atomic E-state index is -0.910. The second-order valence-electron chi connectivity index (χ2n) is 11.2. The quantitative estimate of drug-likeness (QED) is 0.186. The van der Waals surface area contributed by atoms with E-state index in [1.54, 1.807) is 31.2 Å². The summed E-state index contributed by atoms with van der Waals surface area (Å²) in [5, 5.41) is 0.916. The number of carbonyl (C=O) groups is 1. The lowest BCUT2D eigenvalue weighted by Gasteiger charge is -2.25. The predicted octanol–water partition coefficient (Wildman–Crippen LogP) is 6.53. The fourth-order valence-corrected chi connectivity index (χ4v) is 7.16. The molecule has 47 heavy (non-hydrogen) atoms. The molecule has 0 saturated heterocycles. The number of hydrogen-bond acceptors (Lipinski definition) is 5. The number of thiazole rings is 1. The second kappa shape index (κ2) is 12.4. The minimum Gasteiger partial charge on any atom is -0.463 e. The zero-order valence-electron chi connectivity index (χ0n) is 25.6. The number of nitrogens with zero attached hydrogens (tertiary/aromatic N) is 3. The molecule has 0 bridgehead atoms. The van der Waals surface area contributed by atoms with Gasteiger partial charge in [-0.1, -0.05) is 90.2 Å². The Hall–Kier alpha value is -5.41. The number of esters is 1. The lowest BCUT2D eigenvalue weighted by Crippen LogP contribution is -2.40. The number of rotatable bonds is 7. The molecule has 0 amide bonds. The van der Waals surface area contributed by atoms with Crippen molar-refractivity contribution in [2.75, 3.05) is 6.61 Å². The van der Waals surface area contributed by atoms with Crippen molar-refractivity contribution in [3.63, 3.8) is 0 Å². The number of benzene rings is 4. The van der Waals surface area contributed by atoms with Gasteiger partial charge >= 0.3 is 5.97 Å². The number of carbonyl (C=O) groups excluding carboxylic acids is 1. The molecule has 0 radical (unpaired) electrons. The summed E-state index contributed by atoms with van der Waals surface area (Å²) >= 11 is 1.22. The van der Waals surface area contributed by atoms with Gasteiger partial charge in [0.05, 0.1) is 35.0 Å². The van der Waals surface area contributed by atoms with Crippen molar-refractivity contribution in [2.45, 2.75) is 26.4 Å². The van der Waals surface area contributed by atoms with Crippen LogP contribution < -0.4 is 14.9 Å². The summed E-state index contributed by atoms with van der Waals surface area (Å²) < 4.78 is 38.3. The summed E-state index contributed by atoms with van der Waals surface area (Å²) in [6.45, 7) is 4.12. The monoisotopic (exact) mass is 645 g/mol. The summed E-state index contributed by atoms with van der Waals surface area (Å²) in [5.74, 6) is -1.33. The van der Waals surface area contributed by atoms with E-state index in [2.05, 4.69) is 0 Å². The molecular weight excluding hydrogens is 616 g/mol. The molecule has 1 atom stereocenters. The maximum absolute atomic E-state index is 14.7. The molecule has 0 saturated carbocycles. The number of para-hydroxylation sites is 1. The number of aromatic nitrogens is 2. The van der Waals surface area contributed by atoms with Gasteiger partial charge in [-0.15, -0.1) is 0 Å². The highest BCUT2D eigenvalue weighted by Gasteiger charge is 2.35. The van der Waals surface area contributed by atoms with Crippen molar-refractivity contribution < 1.29 is 18.3 Å². The maximum Gasteiger partial charge on any atom is 0.338 e. The molecule has 6 aromatic rings. The third-order valence-electron chi connectivity index (χ3n) is 8.40. The normalized spacial score (nSPS) is 14.7. The smallest absolute Gasteiger partial charge is 0.338 e. The zero-order chi connectivity index (χ0) is 32.7. The van der Waals surface area contributed by atoms with Crippen LogP contribution in [0.2, 0.25) is 0 Å². The van der Waals surface area contributed by atoms with Gasteiger partial charge in [-0.3, -0.25) is 9.36 Å². The van der Waals surface area contributed by atoms with Crippen LogP contribution in [-0.2, 0) is 16.1 Å². The molecule has 4 aromatic carbocycles. The van der Waals surface area contributed by atoms with E-state index in [9.17, 15) is 18.4 Å². The van der Waals surface area contributed by atoms with Gasteiger partial charge < -0.3 is 9.30 Å². The van der Waals surface area contributed by atoms with E-state index in [1.807, 2.05) is 78.2 Å². The lowest BCUT2D eigenvalue weighted by atomic mass is 9.93. The molecule has 9 heteroatoms. The topological polar surface area (TPSA) is 65.6 Å². The second-order valence-corrected chi connectivity index (χ2v) is 12.2. The van der Waals surface area contributed by atoms with Crippen LogP contribution in [0, 0.1) is 18.6 Å². The minimum absolute atomic E-state index is 0.126. The Bertz CT molecular complexity index is 2370. The fourth-order valence-electron chi connectivity index (χ4n) is 6.17. The molecule has 7 rings (SSSR count). The Kier molecular flexibility index (Phi) is 7.99. The molecule has 6 nitrogen and oxygen atoms in total. The summed E-state index contributed by atoms with van der Waals surface area (Å²) in [7, 11) is 0. The molecule has 2 aromatic heterocycles. The first-order valence-corrected chi connectivity index (χ1v) is 16.0. The van der Waals surface area contributed by atoms with E-state index < -0.39 is 17.8 Å². The Morgan fingerprint density at radius 2 is 1.64 bits per heavy atom. The highest BCUT2D eigenvalue weighted by molar-refractivity contribution is 7.07. The van der Waals surface area contributed by atoms with Crippen LogP contribution in [-0.4, -0.2) is 21.7 Å². The first kappa shape index (κ1) is 30.3. The van der Waals surface area contributed by atoms with Crippen LogP contribution >= 0.6 is 11.3 Å². The van der Waals surface area contributed by atoms with Crippen molar-refractivity contribution in [1.29, 1.82) is 0 Å². The number of halogens is 2. The number of fused-ring (bicyclic) bond motifs is 2. The Morgan fingerprint density at radius 1 is 0.936 bits per heavy atom. The zero-order valence-corrected chi connectivity index (χ0v) is 26.4. The fraction of sp³-hybridized carbons (Fsp3) is 0.132. The third kappa shape index (κ3) is 5.42. The molecule has 3 heterocycles. The van der Waals surface area contributed by atoms with E-state index in [1.165, 1.54) is 34.1 Å². The van der Waals surface area contributed by atoms with Crippen molar-refractivity contribution in [1.82, 2.24) is 9.13 Å². The predicted molar refractivity (Wildman–Crippen MR) is 180 cm³/mol. The molecular formula is C38H29F2N3O3S. The van der Waals surface area contributed by atoms with Crippen molar-refractivity contribution in [3.8, 4) is 0 Å². The largest absolute Gasteiger partial charge is 0.463 e. The van der Waals surface area contributed by atoms with E-state index in [0.717, 1.165) is 22.2 Å². The third-order valence-corrected chi connectivity index (χ3v) is 9.38. The van der Waals surface area contributed by atoms with Gasteiger partial charge in [0.25, 0.3) is 5.56 Å². The number of hydrogen-bond donors (Lipinski definition) is 0. The van der Waals surface area contributed by atoms with Gasteiger partial charge in [-0.2, -0.15) is 0 Å². The average molecular weight is 646 g/mol. The first-order valence-electron chi connectivity index (χ1n) is 15.2. The SMILES string of the molecule is CCOC(=O)C1=C(c2ccccc2)N=c2s/c(=C\c3c(C)n(Cc4ccccc4F)c4ccccc34)c(=O)n2[C@H]1c1ccc(F)cc1. The van der Waals surface area contributed by atoms with Gasteiger partial charge in [0.1, 0.15) is 11.6 Å². The van der Waals surface area contributed by atoms with Crippen molar-refractivity contribution in [3.05, 3.63) is 168 Å². The van der Waals surface area contributed by atoms with Crippen LogP contribution in [0.25, 0.3) is 22.7 Å². The van der Waals surface area contributed by atoms with E-state index in [4.69, 9.17) is 9.73 Å². The Morgan fingerprint density at radius 3 is 2.38 bits per heavy atom. The highest BCUT2D eigenvalue weighted by Crippen LogP contribution is 2.35. The van der Waals surface area contributed by atoms with E-state index in [0.29, 0.717) is 38.3 Å². The molecule has 0 fully saturated rings. The molecule has 234 valence electrons. The summed E-state index contributed by atoms with van der Waals surface area (Å²) in [6.07, 6.45) is 1.84. The highest BCUT2D eigenvalue weighted by atomic mass is 32.1. The van der Waals surface area contributed by atoms with Gasteiger partial charge in [0.2, 0.25) is 0 Å². The van der Waals surface area contributed by atoms with Crippen molar-refractivity contribution in [2.24, 2.45) is 4.99 Å². The molecule has 1 aliphatic rings. The maximum atomic E-state index is 14.7. The Labute approximate surface area is 272 Å². The molecule has 0 aliphatic carbocycles. The van der Waals surface area contributed by atoms with Crippen LogP contribution in [0.1, 0.15) is 40.9 Å². The van der Waals surface area contributed by atoms with Gasteiger partial charge in [-0.25, -0.2) is 18.6 Å². The van der Waals surface area contributed by atoms with Crippen LogP contribution in [0.5, 0.6) is 0 Å². The molecule has 0 unspecified atom stereocenters. The van der Waals surface area contributed by atoms with Gasteiger partial charge in [0, 0.05) is 33.3 Å².